The molecule has 7 nitrogen and oxygen atoms in total. The molecule has 7 heteroatoms. The number of hydrogen-bond acceptors (Lipinski definition) is 6. The SMILES string of the molecule is CCCN(CCC)CCc1ccc(NC(=O)c2ccc(C)c(Nc3nccc(-c4cccnc4)n3)c2)cc1. The van der Waals surface area contributed by atoms with Crippen LogP contribution in [0.1, 0.15) is 48.2 Å². The third-order valence-corrected chi connectivity index (χ3v) is 6.37. The first-order valence-corrected chi connectivity index (χ1v) is 13.3. The lowest BCUT2D eigenvalue weighted by Gasteiger charge is -2.20. The largest absolute Gasteiger partial charge is 0.324 e. The molecule has 0 aliphatic heterocycles. The predicted molar refractivity (Wildman–Crippen MR) is 155 cm³/mol. The number of nitrogens with zero attached hydrogens (tertiary/aromatic N) is 4. The summed E-state index contributed by atoms with van der Waals surface area (Å²) in [7, 11) is 0. The van der Waals surface area contributed by atoms with Gasteiger partial charge in [0, 0.05) is 47.6 Å². The summed E-state index contributed by atoms with van der Waals surface area (Å²) in [6.07, 6.45) is 8.55. The molecule has 0 atom stereocenters. The number of aryl methyl sites for hydroxylation is 1. The minimum absolute atomic E-state index is 0.164. The van der Waals surface area contributed by atoms with Gasteiger partial charge in [0.2, 0.25) is 5.95 Å². The summed E-state index contributed by atoms with van der Waals surface area (Å²) in [5.41, 5.74) is 6.06. The average Bonchev–Trinajstić information content (AvgIpc) is 2.94. The van der Waals surface area contributed by atoms with Crippen molar-refractivity contribution in [3.8, 4) is 11.3 Å². The van der Waals surface area contributed by atoms with Crippen LogP contribution in [0.4, 0.5) is 17.3 Å². The Bertz CT molecular complexity index is 1320. The van der Waals surface area contributed by atoms with Crippen molar-refractivity contribution in [1.82, 2.24) is 19.9 Å². The van der Waals surface area contributed by atoms with Gasteiger partial charge in [-0.05, 0) is 92.9 Å². The average molecular weight is 509 g/mol. The first kappa shape index (κ1) is 26.9. The van der Waals surface area contributed by atoms with Crippen LogP contribution in [0.3, 0.4) is 0 Å². The van der Waals surface area contributed by atoms with Gasteiger partial charge in [-0.25, -0.2) is 9.97 Å². The molecule has 0 unspecified atom stereocenters. The summed E-state index contributed by atoms with van der Waals surface area (Å²) < 4.78 is 0. The van der Waals surface area contributed by atoms with Crippen molar-refractivity contribution in [2.45, 2.75) is 40.0 Å². The lowest BCUT2D eigenvalue weighted by atomic mass is 10.1. The number of nitrogens with one attached hydrogen (secondary N) is 2. The molecule has 4 rings (SSSR count). The highest BCUT2D eigenvalue weighted by Crippen LogP contribution is 2.23. The van der Waals surface area contributed by atoms with Gasteiger partial charge in [-0.1, -0.05) is 32.0 Å². The Balaban J connectivity index is 1.40. The fourth-order valence-electron chi connectivity index (χ4n) is 4.33. The second-order valence-electron chi connectivity index (χ2n) is 9.40. The topological polar surface area (TPSA) is 83.0 Å². The van der Waals surface area contributed by atoms with Crippen molar-refractivity contribution < 1.29 is 4.79 Å². The number of carbonyl (C=O) groups excluding carboxylic acids is 1. The van der Waals surface area contributed by atoms with Crippen LogP contribution in [-0.2, 0) is 6.42 Å². The molecule has 2 aromatic carbocycles. The molecule has 1 amide bonds. The lowest BCUT2D eigenvalue weighted by molar-refractivity contribution is 0.102. The maximum absolute atomic E-state index is 13.0. The van der Waals surface area contributed by atoms with Crippen LogP contribution in [0.5, 0.6) is 0 Å². The first-order valence-electron chi connectivity index (χ1n) is 13.3. The molecule has 0 aliphatic carbocycles. The van der Waals surface area contributed by atoms with E-state index in [1.165, 1.54) is 18.4 Å². The van der Waals surface area contributed by atoms with Gasteiger partial charge in [0.15, 0.2) is 0 Å². The van der Waals surface area contributed by atoms with Crippen molar-refractivity contribution in [3.63, 3.8) is 0 Å². The van der Waals surface area contributed by atoms with Gasteiger partial charge >= 0.3 is 0 Å². The van der Waals surface area contributed by atoms with E-state index in [9.17, 15) is 4.79 Å². The summed E-state index contributed by atoms with van der Waals surface area (Å²) >= 11 is 0. The van der Waals surface area contributed by atoms with Gasteiger partial charge in [-0.15, -0.1) is 0 Å². The van der Waals surface area contributed by atoms with Crippen LogP contribution in [0, 0.1) is 6.92 Å². The number of hydrogen-bond donors (Lipinski definition) is 2. The zero-order chi connectivity index (χ0) is 26.7. The molecule has 0 saturated heterocycles. The second kappa shape index (κ2) is 13.4. The van der Waals surface area contributed by atoms with Crippen LogP contribution < -0.4 is 10.6 Å². The van der Waals surface area contributed by atoms with E-state index < -0.39 is 0 Å². The molecule has 0 aliphatic rings. The van der Waals surface area contributed by atoms with E-state index in [-0.39, 0.29) is 5.91 Å². The maximum atomic E-state index is 13.0. The first-order chi connectivity index (χ1) is 18.6. The lowest BCUT2D eigenvalue weighted by Crippen LogP contribution is -2.27. The molecule has 0 saturated carbocycles. The van der Waals surface area contributed by atoms with Crippen molar-refractivity contribution in [2.24, 2.45) is 0 Å². The molecule has 196 valence electrons. The number of benzene rings is 2. The predicted octanol–water partition coefficient (Wildman–Crippen LogP) is 6.51. The van der Waals surface area contributed by atoms with Crippen molar-refractivity contribution >= 4 is 23.2 Å². The van der Waals surface area contributed by atoms with E-state index in [4.69, 9.17) is 0 Å². The Hall–Kier alpha value is -4.10. The zero-order valence-electron chi connectivity index (χ0n) is 22.4. The van der Waals surface area contributed by atoms with E-state index in [2.05, 4.69) is 56.5 Å². The molecule has 4 aromatic rings. The van der Waals surface area contributed by atoms with E-state index in [1.807, 2.05) is 55.5 Å². The molecule has 0 radical (unpaired) electrons. The molecule has 38 heavy (non-hydrogen) atoms. The molecular formula is C31H36N6O. The van der Waals surface area contributed by atoms with Crippen molar-refractivity contribution in [1.29, 1.82) is 0 Å². The molecule has 0 spiro atoms. The Morgan fingerprint density at radius 1 is 0.921 bits per heavy atom. The number of pyridine rings is 1. The van der Waals surface area contributed by atoms with Gasteiger partial charge in [0.1, 0.15) is 0 Å². The van der Waals surface area contributed by atoms with Crippen LogP contribution in [0.2, 0.25) is 0 Å². The summed E-state index contributed by atoms with van der Waals surface area (Å²) in [5, 5.41) is 6.28. The third-order valence-electron chi connectivity index (χ3n) is 6.37. The third kappa shape index (κ3) is 7.46. The van der Waals surface area contributed by atoms with E-state index in [0.717, 1.165) is 54.3 Å². The zero-order valence-corrected chi connectivity index (χ0v) is 22.4. The Morgan fingerprint density at radius 3 is 2.42 bits per heavy atom. The minimum Gasteiger partial charge on any atom is -0.324 e. The van der Waals surface area contributed by atoms with Crippen LogP contribution in [-0.4, -0.2) is 45.4 Å². The smallest absolute Gasteiger partial charge is 0.255 e. The Kier molecular flexibility index (Phi) is 9.54. The highest BCUT2D eigenvalue weighted by Gasteiger charge is 2.11. The fourth-order valence-corrected chi connectivity index (χ4v) is 4.33. The number of carbonyl (C=O) groups is 1. The maximum Gasteiger partial charge on any atom is 0.255 e. The number of rotatable bonds is 12. The summed E-state index contributed by atoms with van der Waals surface area (Å²) in [5.74, 6) is 0.293. The quantitative estimate of drug-likeness (QED) is 0.227. The van der Waals surface area contributed by atoms with Crippen LogP contribution in [0.25, 0.3) is 11.3 Å². The van der Waals surface area contributed by atoms with Gasteiger partial charge in [-0.3, -0.25) is 9.78 Å². The number of anilines is 3. The number of aromatic nitrogens is 3. The highest BCUT2D eigenvalue weighted by molar-refractivity contribution is 6.05. The van der Waals surface area contributed by atoms with Crippen molar-refractivity contribution in [3.05, 3.63) is 95.9 Å². The molecule has 0 fully saturated rings. The Labute approximate surface area is 225 Å². The van der Waals surface area contributed by atoms with Gasteiger partial charge in [0.25, 0.3) is 5.91 Å². The molecule has 0 bridgehead atoms. The minimum atomic E-state index is -0.164. The van der Waals surface area contributed by atoms with Gasteiger partial charge in [-0.2, -0.15) is 0 Å². The van der Waals surface area contributed by atoms with Gasteiger partial charge < -0.3 is 15.5 Å². The summed E-state index contributed by atoms with van der Waals surface area (Å²) in [4.78, 5) is 28.7. The van der Waals surface area contributed by atoms with Crippen LogP contribution in [0.15, 0.2) is 79.3 Å². The molecule has 2 heterocycles. The standard InChI is InChI=1S/C31H36N6O/c1-4-18-37(19-5-2)20-15-24-9-12-27(13-10-24)34-30(38)25-11-8-23(3)29(21-25)36-31-33-17-14-28(35-31)26-7-6-16-32-22-26/h6-14,16-17,21-22H,4-5,15,18-20H2,1-3H3,(H,34,38)(H,33,35,36). The molecule has 2 N–H and O–H groups in total. The second-order valence-corrected chi connectivity index (χ2v) is 9.40. The van der Waals surface area contributed by atoms with Gasteiger partial charge in [0.05, 0.1) is 5.69 Å². The fraction of sp³-hybridized carbons (Fsp3) is 0.290. The summed E-state index contributed by atoms with van der Waals surface area (Å²) in [6, 6.07) is 19.4. The normalized spacial score (nSPS) is 10.9. The van der Waals surface area contributed by atoms with E-state index in [0.29, 0.717) is 11.5 Å². The van der Waals surface area contributed by atoms with Crippen molar-refractivity contribution in [2.75, 3.05) is 30.3 Å². The summed E-state index contributed by atoms with van der Waals surface area (Å²) in [6.45, 7) is 9.76. The van der Waals surface area contributed by atoms with E-state index in [1.54, 1.807) is 18.6 Å². The highest BCUT2D eigenvalue weighted by atomic mass is 16.1. The molecule has 2 aromatic heterocycles. The molecular weight excluding hydrogens is 472 g/mol. The Morgan fingerprint density at radius 2 is 1.71 bits per heavy atom. The van der Waals surface area contributed by atoms with Crippen LogP contribution >= 0.6 is 0 Å². The van der Waals surface area contributed by atoms with E-state index >= 15 is 0 Å². The monoisotopic (exact) mass is 508 g/mol. The number of amides is 1.